The fraction of sp³-hybridized carbons (Fsp3) is 0.316. The van der Waals surface area contributed by atoms with Gasteiger partial charge in [-0.25, -0.2) is 4.39 Å². The van der Waals surface area contributed by atoms with Crippen molar-refractivity contribution in [3.05, 3.63) is 65.5 Å². The van der Waals surface area contributed by atoms with E-state index in [1.165, 1.54) is 18.2 Å². The van der Waals surface area contributed by atoms with Gasteiger partial charge in [0.05, 0.1) is 25.7 Å². The first-order valence-electron chi connectivity index (χ1n) is 7.76. The normalized spacial score (nSPS) is 13.2. The molecule has 0 heterocycles. The summed E-state index contributed by atoms with van der Waals surface area (Å²) in [5.74, 6) is 0.0373. The molecule has 0 radical (unpaired) electrons. The number of amides is 1. The van der Waals surface area contributed by atoms with Crippen LogP contribution >= 0.6 is 0 Å². The van der Waals surface area contributed by atoms with E-state index < -0.39 is 11.9 Å². The number of rotatable bonds is 6. The molecule has 1 N–H and O–H groups in total. The molecule has 24 heavy (non-hydrogen) atoms. The minimum absolute atomic E-state index is 0.112. The minimum Gasteiger partial charge on any atom is -0.496 e. The van der Waals surface area contributed by atoms with Gasteiger partial charge in [-0.15, -0.1) is 0 Å². The number of methoxy groups -OCH3 is 1. The molecule has 0 fully saturated rings. The van der Waals surface area contributed by atoms with Crippen molar-refractivity contribution in [2.75, 3.05) is 14.2 Å². The molecule has 2 atom stereocenters. The summed E-state index contributed by atoms with van der Waals surface area (Å²) < 4.78 is 18.6. The van der Waals surface area contributed by atoms with E-state index >= 15 is 0 Å². The van der Waals surface area contributed by atoms with Crippen molar-refractivity contribution < 1.29 is 19.0 Å². The van der Waals surface area contributed by atoms with Crippen molar-refractivity contribution in [1.29, 1.82) is 0 Å². The average molecular weight is 331 g/mol. The second-order valence-electron chi connectivity index (χ2n) is 5.70. The maximum atomic E-state index is 13.2. The first kappa shape index (κ1) is 17.9. The molecule has 0 spiro atoms. The third kappa shape index (κ3) is 4.11. The SMILES string of the molecule is COc1ccccc1[C@@H](C)N(C)C(=O)C[C@@H](O)c1cccc(F)c1. The lowest BCUT2D eigenvalue weighted by Gasteiger charge is -2.27. The number of carbonyl (C=O) groups is 1. The summed E-state index contributed by atoms with van der Waals surface area (Å²) in [4.78, 5) is 14.0. The van der Waals surface area contributed by atoms with Crippen LogP contribution in [0.5, 0.6) is 5.75 Å². The average Bonchev–Trinajstić information content (AvgIpc) is 2.60. The van der Waals surface area contributed by atoms with Crippen LogP contribution in [-0.2, 0) is 4.79 Å². The van der Waals surface area contributed by atoms with Crippen LogP contribution < -0.4 is 4.74 Å². The number of hydrogen-bond donors (Lipinski definition) is 1. The van der Waals surface area contributed by atoms with Crippen molar-refractivity contribution >= 4 is 5.91 Å². The first-order chi connectivity index (χ1) is 11.4. The zero-order chi connectivity index (χ0) is 17.7. The molecule has 2 rings (SSSR count). The Morgan fingerprint density at radius 3 is 2.62 bits per heavy atom. The van der Waals surface area contributed by atoms with E-state index in [4.69, 9.17) is 4.74 Å². The van der Waals surface area contributed by atoms with Crippen molar-refractivity contribution in [3.8, 4) is 5.75 Å². The fourth-order valence-electron chi connectivity index (χ4n) is 2.58. The van der Waals surface area contributed by atoms with Gasteiger partial charge in [-0.1, -0.05) is 30.3 Å². The molecular formula is C19H22FNO3. The Labute approximate surface area is 141 Å². The smallest absolute Gasteiger partial charge is 0.225 e. The Morgan fingerprint density at radius 2 is 1.96 bits per heavy atom. The number of aliphatic hydroxyl groups is 1. The fourth-order valence-corrected chi connectivity index (χ4v) is 2.58. The highest BCUT2D eigenvalue weighted by Crippen LogP contribution is 2.29. The highest BCUT2D eigenvalue weighted by atomic mass is 19.1. The van der Waals surface area contributed by atoms with Crippen LogP contribution in [0.1, 0.15) is 36.6 Å². The van der Waals surface area contributed by atoms with Gasteiger partial charge in [0.15, 0.2) is 0 Å². The predicted octanol–water partition coefficient (Wildman–Crippen LogP) is 3.48. The van der Waals surface area contributed by atoms with Crippen molar-refractivity contribution in [2.45, 2.75) is 25.5 Å². The quantitative estimate of drug-likeness (QED) is 0.882. The molecule has 0 unspecified atom stereocenters. The highest BCUT2D eigenvalue weighted by molar-refractivity contribution is 5.77. The van der Waals surface area contributed by atoms with Crippen LogP contribution in [0, 0.1) is 5.82 Å². The van der Waals surface area contributed by atoms with Gasteiger partial charge < -0.3 is 14.7 Å². The summed E-state index contributed by atoms with van der Waals surface area (Å²) in [5.41, 5.74) is 1.28. The summed E-state index contributed by atoms with van der Waals surface area (Å²) in [5, 5.41) is 10.2. The van der Waals surface area contributed by atoms with Gasteiger partial charge in [-0.2, -0.15) is 0 Å². The first-order valence-corrected chi connectivity index (χ1v) is 7.76. The number of nitrogens with zero attached hydrogens (tertiary/aromatic N) is 1. The number of halogens is 1. The van der Waals surface area contributed by atoms with Gasteiger partial charge in [-0.05, 0) is 30.7 Å². The van der Waals surface area contributed by atoms with Gasteiger partial charge in [0, 0.05) is 12.6 Å². The molecule has 0 saturated carbocycles. The van der Waals surface area contributed by atoms with Gasteiger partial charge in [0.2, 0.25) is 5.91 Å². The maximum Gasteiger partial charge on any atom is 0.225 e. The number of ether oxygens (including phenoxy) is 1. The molecule has 5 heteroatoms. The number of para-hydroxylation sites is 1. The van der Waals surface area contributed by atoms with Crippen molar-refractivity contribution in [3.63, 3.8) is 0 Å². The number of carbonyl (C=O) groups excluding carboxylic acids is 1. The standard InChI is InChI=1S/C19H22FNO3/c1-13(16-9-4-5-10-18(16)24-3)21(2)19(23)12-17(22)14-7-6-8-15(20)11-14/h4-11,13,17,22H,12H2,1-3H3/t13-,17-/m1/s1. The molecule has 0 bridgehead atoms. The minimum atomic E-state index is -1.04. The molecule has 0 aliphatic rings. The second-order valence-corrected chi connectivity index (χ2v) is 5.70. The molecule has 2 aromatic rings. The van der Waals surface area contributed by atoms with Crippen molar-refractivity contribution in [1.82, 2.24) is 4.90 Å². The van der Waals surface area contributed by atoms with Gasteiger partial charge in [-0.3, -0.25) is 4.79 Å². The van der Waals surface area contributed by atoms with E-state index in [2.05, 4.69) is 0 Å². The topological polar surface area (TPSA) is 49.8 Å². The molecule has 0 saturated heterocycles. The molecule has 128 valence electrons. The Balaban J connectivity index is 2.08. The lowest BCUT2D eigenvalue weighted by molar-refractivity contribution is -0.134. The van der Waals surface area contributed by atoms with Gasteiger partial charge in [0.1, 0.15) is 11.6 Å². The molecule has 2 aromatic carbocycles. The van der Waals surface area contributed by atoms with Crippen LogP contribution in [-0.4, -0.2) is 30.1 Å². The largest absolute Gasteiger partial charge is 0.496 e. The van der Waals surface area contributed by atoms with E-state index in [1.807, 2.05) is 31.2 Å². The van der Waals surface area contributed by atoms with Crippen LogP contribution in [0.3, 0.4) is 0 Å². The Hall–Kier alpha value is -2.40. The molecule has 4 nitrogen and oxygen atoms in total. The molecule has 0 aliphatic heterocycles. The monoisotopic (exact) mass is 331 g/mol. The zero-order valence-electron chi connectivity index (χ0n) is 14.1. The molecule has 0 aromatic heterocycles. The lowest BCUT2D eigenvalue weighted by atomic mass is 10.0. The molecule has 1 amide bonds. The van der Waals surface area contributed by atoms with E-state index in [1.54, 1.807) is 25.1 Å². The van der Waals surface area contributed by atoms with E-state index in [9.17, 15) is 14.3 Å². The summed E-state index contributed by atoms with van der Waals surface area (Å²) >= 11 is 0. The Kier molecular flexibility index (Phi) is 5.93. The number of hydrogen-bond acceptors (Lipinski definition) is 3. The van der Waals surface area contributed by atoms with E-state index in [0.717, 1.165) is 5.56 Å². The van der Waals surface area contributed by atoms with Crippen LogP contribution in [0.4, 0.5) is 4.39 Å². The third-order valence-electron chi connectivity index (χ3n) is 4.16. The van der Waals surface area contributed by atoms with Gasteiger partial charge >= 0.3 is 0 Å². The molecular weight excluding hydrogens is 309 g/mol. The zero-order valence-corrected chi connectivity index (χ0v) is 14.1. The maximum absolute atomic E-state index is 13.2. The van der Waals surface area contributed by atoms with Gasteiger partial charge in [0.25, 0.3) is 0 Å². The summed E-state index contributed by atoms with van der Waals surface area (Å²) in [6, 6.07) is 12.9. The van der Waals surface area contributed by atoms with E-state index in [-0.39, 0.29) is 18.4 Å². The number of benzene rings is 2. The lowest BCUT2D eigenvalue weighted by Crippen LogP contribution is -2.31. The third-order valence-corrected chi connectivity index (χ3v) is 4.16. The van der Waals surface area contributed by atoms with E-state index in [0.29, 0.717) is 11.3 Å². The summed E-state index contributed by atoms with van der Waals surface area (Å²) in [6.07, 6.45) is -1.15. The summed E-state index contributed by atoms with van der Waals surface area (Å²) in [7, 11) is 3.26. The summed E-state index contributed by atoms with van der Waals surface area (Å²) in [6.45, 7) is 1.89. The van der Waals surface area contributed by atoms with Crippen LogP contribution in [0.25, 0.3) is 0 Å². The Bertz CT molecular complexity index is 705. The number of aliphatic hydroxyl groups excluding tert-OH is 1. The van der Waals surface area contributed by atoms with Crippen LogP contribution in [0.2, 0.25) is 0 Å². The second kappa shape index (κ2) is 7.93. The van der Waals surface area contributed by atoms with Crippen molar-refractivity contribution in [2.24, 2.45) is 0 Å². The predicted molar refractivity (Wildman–Crippen MR) is 90.2 cm³/mol. The molecule has 0 aliphatic carbocycles. The Morgan fingerprint density at radius 1 is 1.25 bits per heavy atom. The van der Waals surface area contributed by atoms with Crippen LogP contribution in [0.15, 0.2) is 48.5 Å². The highest BCUT2D eigenvalue weighted by Gasteiger charge is 2.23.